The lowest BCUT2D eigenvalue weighted by atomic mass is 10.2. The Morgan fingerprint density at radius 1 is 0.947 bits per heavy atom. The van der Waals surface area contributed by atoms with Crippen molar-refractivity contribution in [3.05, 3.63) is 12.3 Å². The summed E-state index contributed by atoms with van der Waals surface area (Å²) in [5.74, 6) is -1.74. The van der Waals surface area contributed by atoms with Crippen molar-refractivity contribution >= 4 is 11.9 Å². The van der Waals surface area contributed by atoms with E-state index in [0.29, 0.717) is 12.8 Å². The van der Waals surface area contributed by atoms with Gasteiger partial charge >= 0.3 is 11.9 Å². The molecule has 0 atom stereocenters. The number of hydrogen-bond donors (Lipinski definition) is 3. The van der Waals surface area contributed by atoms with Crippen LogP contribution in [0.2, 0.25) is 0 Å². The largest absolute Gasteiger partial charge is 0.481 e. The summed E-state index contributed by atoms with van der Waals surface area (Å²) in [5.41, 5.74) is 1.07. The zero-order valence-corrected chi connectivity index (χ0v) is 11.8. The molecular formula is C13H25NO5. The molecule has 0 aromatic heterocycles. The summed E-state index contributed by atoms with van der Waals surface area (Å²) in [6.07, 6.45) is 2.73. The molecule has 0 aliphatic rings. The van der Waals surface area contributed by atoms with Gasteiger partial charge in [0.05, 0.1) is 0 Å². The van der Waals surface area contributed by atoms with Gasteiger partial charge in [0.25, 0.3) is 0 Å². The van der Waals surface area contributed by atoms with Gasteiger partial charge in [0.2, 0.25) is 0 Å². The van der Waals surface area contributed by atoms with Crippen LogP contribution in [0, 0.1) is 0 Å². The lowest BCUT2D eigenvalue weighted by Gasteiger charge is -2.14. The average Bonchev–Trinajstić information content (AvgIpc) is 2.31. The molecule has 0 aliphatic carbocycles. The van der Waals surface area contributed by atoms with Gasteiger partial charge < -0.3 is 20.2 Å². The Balaban J connectivity index is 0. The minimum absolute atomic E-state index is 0.0628. The first-order valence-corrected chi connectivity index (χ1v) is 6.20. The highest BCUT2D eigenvalue weighted by Gasteiger charge is 1.99. The van der Waals surface area contributed by atoms with Crippen LogP contribution in [0.15, 0.2) is 12.3 Å². The molecule has 0 amide bonds. The van der Waals surface area contributed by atoms with Crippen LogP contribution in [0.3, 0.4) is 0 Å². The molecule has 112 valence electrons. The third-order valence-corrected chi connectivity index (χ3v) is 2.29. The predicted molar refractivity (Wildman–Crippen MR) is 72.9 cm³/mol. The second kappa shape index (κ2) is 12.9. The van der Waals surface area contributed by atoms with Crippen molar-refractivity contribution in [2.24, 2.45) is 0 Å². The van der Waals surface area contributed by atoms with Crippen LogP contribution in [0.5, 0.6) is 0 Å². The zero-order valence-electron chi connectivity index (χ0n) is 11.8. The van der Waals surface area contributed by atoms with Gasteiger partial charge in [-0.3, -0.25) is 9.59 Å². The molecule has 0 unspecified atom stereocenters. The van der Waals surface area contributed by atoms with Crippen LogP contribution in [0.4, 0.5) is 0 Å². The monoisotopic (exact) mass is 275 g/mol. The number of rotatable bonds is 9. The standard InChI is InChI=1S/C7H15NO.C6H10O4/c1-7(8(2)3)5-4-6-9;7-5(8)3-1-2-4-6(9)10/h9H,1,4-6H2,2-3H3;1-4H2,(H,7,8)(H,9,10). The van der Waals surface area contributed by atoms with Crippen LogP contribution in [0.25, 0.3) is 0 Å². The maximum Gasteiger partial charge on any atom is 0.303 e. The Morgan fingerprint density at radius 3 is 1.63 bits per heavy atom. The molecule has 0 rings (SSSR count). The Labute approximate surface area is 114 Å². The molecule has 0 saturated carbocycles. The minimum Gasteiger partial charge on any atom is -0.481 e. The Hall–Kier alpha value is -1.56. The lowest BCUT2D eigenvalue weighted by Crippen LogP contribution is -2.09. The summed E-state index contributed by atoms with van der Waals surface area (Å²) in [4.78, 5) is 21.8. The third-order valence-electron chi connectivity index (χ3n) is 2.29. The summed E-state index contributed by atoms with van der Waals surface area (Å²) in [6, 6.07) is 0. The molecule has 0 heterocycles. The first-order chi connectivity index (χ1) is 8.81. The van der Waals surface area contributed by atoms with Crippen molar-refractivity contribution in [1.82, 2.24) is 4.90 Å². The number of carboxylic acid groups (broad SMARTS) is 2. The van der Waals surface area contributed by atoms with Gasteiger partial charge in [0.1, 0.15) is 0 Å². The highest BCUT2D eigenvalue weighted by molar-refractivity contribution is 5.67. The lowest BCUT2D eigenvalue weighted by molar-refractivity contribution is -0.139. The number of hydrogen-bond acceptors (Lipinski definition) is 4. The Kier molecular flexibility index (Phi) is 13.4. The first kappa shape index (κ1) is 19.8. The fraction of sp³-hybridized carbons (Fsp3) is 0.692. The smallest absolute Gasteiger partial charge is 0.303 e. The molecule has 0 radical (unpaired) electrons. The van der Waals surface area contributed by atoms with Crippen molar-refractivity contribution in [1.29, 1.82) is 0 Å². The predicted octanol–water partition coefficient (Wildman–Crippen LogP) is 1.55. The highest BCUT2D eigenvalue weighted by Crippen LogP contribution is 2.02. The fourth-order valence-corrected chi connectivity index (χ4v) is 1.06. The second-order valence-corrected chi connectivity index (χ2v) is 4.28. The normalized spacial score (nSPS) is 9.21. The van der Waals surface area contributed by atoms with Gasteiger partial charge in [0, 0.05) is 39.2 Å². The highest BCUT2D eigenvalue weighted by atomic mass is 16.4. The number of unbranched alkanes of at least 4 members (excludes halogenated alkanes) is 1. The van der Waals surface area contributed by atoms with Crippen LogP contribution < -0.4 is 0 Å². The van der Waals surface area contributed by atoms with Gasteiger partial charge in [-0.2, -0.15) is 0 Å². The van der Waals surface area contributed by atoms with Crippen LogP contribution >= 0.6 is 0 Å². The number of carboxylic acids is 2. The van der Waals surface area contributed by atoms with E-state index in [1.54, 1.807) is 0 Å². The molecule has 19 heavy (non-hydrogen) atoms. The molecule has 0 spiro atoms. The summed E-state index contributed by atoms with van der Waals surface area (Å²) in [6.45, 7) is 4.06. The molecule has 0 aliphatic heterocycles. The van der Waals surface area contributed by atoms with E-state index in [9.17, 15) is 9.59 Å². The van der Waals surface area contributed by atoms with Crippen molar-refractivity contribution in [2.45, 2.75) is 38.5 Å². The van der Waals surface area contributed by atoms with Gasteiger partial charge in [-0.1, -0.05) is 6.58 Å². The first-order valence-electron chi connectivity index (χ1n) is 6.20. The molecule has 0 aromatic carbocycles. The minimum atomic E-state index is -0.870. The number of nitrogens with zero attached hydrogens (tertiary/aromatic N) is 1. The van der Waals surface area contributed by atoms with E-state index in [1.807, 2.05) is 19.0 Å². The number of aliphatic hydroxyl groups excluding tert-OH is 1. The van der Waals surface area contributed by atoms with Gasteiger partial charge in [-0.15, -0.1) is 0 Å². The summed E-state index contributed by atoms with van der Waals surface area (Å²) in [5, 5.41) is 24.7. The SMILES string of the molecule is C=C(CCCO)N(C)C.O=C(O)CCCCC(=O)O. The Morgan fingerprint density at radius 2 is 1.37 bits per heavy atom. The quantitative estimate of drug-likeness (QED) is 0.552. The molecule has 3 N–H and O–H groups in total. The zero-order chi connectivity index (χ0) is 15.3. The van der Waals surface area contributed by atoms with Crippen LogP contribution in [0.1, 0.15) is 38.5 Å². The molecule has 0 aromatic rings. The molecule has 6 nitrogen and oxygen atoms in total. The number of aliphatic hydroxyl groups is 1. The summed E-state index contributed by atoms with van der Waals surface area (Å²) >= 11 is 0. The fourth-order valence-electron chi connectivity index (χ4n) is 1.06. The van der Waals surface area contributed by atoms with E-state index in [2.05, 4.69) is 6.58 Å². The topological polar surface area (TPSA) is 98.1 Å². The molecule has 0 saturated heterocycles. The van der Waals surface area contributed by atoms with E-state index in [4.69, 9.17) is 15.3 Å². The number of carbonyl (C=O) groups is 2. The average molecular weight is 275 g/mol. The van der Waals surface area contributed by atoms with Crippen molar-refractivity contribution in [3.63, 3.8) is 0 Å². The number of aliphatic carboxylic acids is 2. The Bertz CT molecular complexity index is 260. The van der Waals surface area contributed by atoms with E-state index in [-0.39, 0.29) is 19.4 Å². The van der Waals surface area contributed by atoms with Crippen molar-refractivity contribution in [3.8, 4) is 0 Å². The van der Waals surface area contributed by atoms with E-state index in [1.165, 1.54) is 0 Å². The van der Waals surface area contributed by atoms with Crippen molar-refractivity contribution in [2.75, 3.05) is 20.7 Å². The van der Waals surface area contributed by atoms with Gasteiger partial charge in [-0.25, -0.2) is 0 Å². The third kappa shape index (κ3) is 19.0. The maximum absolute atomic E-state index is 9.90. The van der Waals surface area contributed by atoms with Gasteiger partial charge in [0.15, 0.2) is 0 Å². The van der Waals surface area contributed by atoms with Crippen LogP contribution in [-0.2, 0) is 9.59 Å². The van der Waals surface area contributed by atoms with E-state index in [0.717, 1.165) is 18.5 Å². The molecular weight excluding hydrogens is 250 g/mol. The summed E-state index contributed by atoms with van der Waals surface area (Å²) < 4.78 is 0. The summed E-state index contributed by atoms with van der Waals surface area (Å²) in [7, 11) is 3.92. The maximum atomic E-state index is 9.90. The van der Waals surface area contributed by atoms with E-state index < -0.39 is 11.9 Å². The molecule has 6 heteroatoms. The van der Waals surface area contributed by atoms with Gasteiger partial charge in [-0.05, 0) is 25.7 Å². The van der Waals surface area contributed by atoms with Crippen LogP contribution in [-0.4, -0.2) is 52.9 Å². The van der Waals surface area contributed by atoms with E-state index >= 15 is 0 Å². The number of allylic oxidation sites excluding steroid dienone is 1. The molecule has 0 bridgehead atoms. The second-order valence-electron chi connectivity index (χ2n) is 4.28. The van der Waals surface area contributed by atoms with Crippen molar-refractivity contribution < 1.29 is 24.9 Å². The molecule has 0 fully saturated rings.